The highest BCUT2D eigenvalue weighted by Gasteiger charge is 2.24. The predicted octanol–water partition coefficient (Wildman–Crippen LogP) is 18.2. The van der Waals surface area contributed by atoms with Gasteiger partial charge in [-0.1, -0.05) is 271 Å². The first-order valence-corrected chi connectivity index (χ1v) is 25.5. The number of hydrogen-bond donors (Lipinski definition) is 0. The first kappa shape index (κ1) is 50.4. The minimum absolute atomic E-state index is 0.636. The van der Waals surface area contributed by atoms with Crippen molar-refractivity contribution in [3.63, 3.8) is 0 Å². The van der Waals surface area contributed by atoms with Crippen molar-refractivity contribution in [3.8, 4) is 0 Å². The van der Waals surface area contributed by atoms with Crippen LogP contribution in [0.15, 0.2) is 12.4 Å². The molecule has 0 aromatic rings. The molecule has 53 heavy (non-hydrogen) atoms. The molecule has 0 amide bonds. The van der Waals surface area contributed by atoms with Crippen molar-refractivity contribution < 1.29 is 0 Å². The van der Waals surface area contributed by atoms with Crippen molar-refractivity contribution in [3.05, 3.63) is 12.4 Å². The third-order valence-corrected chi connectivity index (χ3v) is 12.6. The zero-order valence-corrected chi connectivity index (χ0v) is 37.4. The van der Waals surface area contributed by atoms with Crippen LogP contribution in [0, 0.1) is 0 Å². The Balaban J connectivity index is 2.14. The van der Waals surface area contributed by atoms with Crippen LogP contribution < -0.4 is 0 Å². The van der Waals surface area contributed by atoms with Crippen LogP contribution in [-0.4, -0.2) is 29.1 Å². The van der Waals surface area contributed by atoms with Gasteiger partial charge in [0.2, 0.25) is 0 Å². The van der Waals surface area contributed by atoms with Crippen LogP contribution in [0.1, 0.15) is 297 Å². The molecule has 1 aliphatic heterocycles. The maximum Gasteiger partial charge on any atom is 0.101 e. The molecule has 1 aliphatic rings. The van der Waals surface area contributed by atoms with Gasteiger partial charge < -0.3 is 9.80 Å². The Morgan fingerprint density at radius 3 is 0.660 bits per heavy atom. The maximum absolute atomic E-state index is 2.74. The molecule has 0 bridgehead atoms. The summed E-state index contributed by atoms with van der Waals surface area (Å²) in [6.07, 6.45) is 67.9. The van der Waals surface area contributed by atoms with Gasteiger partial charge in [0.25, 0.3) is 0 Å². The Morgan fingerprint density at radius 1 is 0.245 bits per heavy atom. The van der Waals surface area contributed by atoms with Gasteiger partial charge in [-0.15, -0.1) is 0 Å². The summed E-state index contributed by atoms with van der Waals surface area (Å²) in [6, 6.07) is 0. The van der Waals surface area contributed by atoms with Crippen molar-refractivity contribution in [2.24, 2.45) is 0 Å². The lowest BCUT2D eigenvalue weighted by atomic mass is 10.0. The molecule has 316 valence electrons. The Hall–Kier alpha value is -0.660. The second-order valence-electron chi connectivity index (χ2n) is 17.8. The van der Waals surface area contributed by atoms with Gasteiger partial charge in [0.1, 0.15) is 6.17 Å². The highest BCUT2D eigenvalue weighted by molar-refractivity contribution is 4.97. The van der Waals surface area contributed by atoms with Crippen LogP contribution in [0.4, 0.5) is 0 Å². The van der Waals surface area contributed by atoms with Crippen LogP contribution in [0.25, 0.3) is 0 Å². The average molecular weight is 743 g/mol. The third-order valence-electron chi connectivity index (χ3n) is 12.6. The average Bonchev–Trinajstić information content (AvgIpc) is 3.55. The van der Waals surface area contributed by atoms with Crippen LogP contribution in [0.5, 0.6) is 0 Å². The zero-order valence-electron chi connectivity index (χ0n) is 37.4. The van der Waals surface area contributed by atoms with E-state index in [4.69, 9.17) is 0 Å². The van der Waals surface area contributed by atoms with Gasteiger partial charge in [0.05, 0.1) is 0 Å². The van der Waals surface area contributed by atoms with Crippen LogP contribution in [0.2, 0.25) is 0 Å². The molecule has 1 rings (SSSR count). The lowest BCUT2D eigenvalue weighted by Gasteiger charge is -2.33. The van der Waals surface area contributed by atoms with E-state index in [-0.39, 0.29) is 0 Å². The molecule has 2 nitrogen and oxygen atoms in total. The number of rotatable bonds is 45. The van der Waals surface area contributed by atoms with E-state index in [2.05, 4.69) is 43.0 Å². The molecule has 1 heterocycles. The largest absolute Gasteiger partial charge is 0.356 e. The summed E-state index contributed by atoms with van der Waals surface area (Å²) in [6.45, 7) is 9.50. The van der Waals surface area contributed by atoms with Gasteiger partial charge in [0.15, 0.2) is 0 Å². The zero-order chi connectivity index (χ0) is 38.0. The van der Waals surface area contributed by atoms with Crippen molar-refractivity contribution in [1.82, 2.24) is 9.80 Å². The minimum atomic E-state index is 0.636. The van der Waals surface area contributed by atoms with Gasteiger partial charge in [-0.2, -0.15) is 0 Å². The Morgan fingerprint density at radius 2 is 0.434 bits per heavy atom. The molecule has 0 N–H and O–H groups in total. The Labute approximate surface area is 337 Å². The van der Waals surface area contributed by atoms with E-state index in [1.807, 2.05) is 0 Å². The summed E-state index contributed by atoms with van der Waals surface area (Å²) in [5.41, 5.74) is 0. The minimum Gasteiger partial charge on any atom is -0.356 e. The summed E-state index contributed by atoms with van der Waals surface area (Å²) in [5, 5.41) is 0. The predicted molar refractivity (Wildman–Crippen MR) is 242 cm³/mol. The van der Waals surface area contributed by atoms with E-state index in [9.17, 15) is 0 Å². The SMILES string of the molecule is CCCCCCCCCCCCCCCCCCCN1C=CN(CCCCCCCCCCCCCCCCCC)C1CCCCCCCCCCC. The summed E-state index contributed by atoms with van der Waals surface area (Å²) in [5.74, 6) is 0. The van der Waals surface area contributed by atoms with Crippen molar-refractivity contribution >= 4 is 0 Å². The molecule has 0 radical (unpaired) electrons. The standard InChI is InChI=1S/C51H102N2/c1-4-7-10-13-16-19-21-23-25-27-29-31-33-36-39-42-45-48-53-50-49-52(51(53)46-43-40-37-34-18-15-12-9-6-3)47-44-41-38-35-32-30-28-26-24-22-20-17-14-11-8-5-2/h49-51H,4-48H2,1-3H3. The van der Waals surface area contributed by atoms with Crippen molar-refractivity contribution in [2.75, 3.05) is 13.1 Å². The first-order valence-electron chi connectivity index (χ1n) is 25.5. The normalized spacial score (nSPS) is 14.4. The molecule has 0 fully saturated rings. The number of unbranched alkanes of at least 4 members (excludes halogenated alkanes) is 39. The Kier molecular flexibility index (Phi) is 40.4. The molecule has 2 heteroatoms. The molecule has 1 unspecified atom stereocenters. The van der Waals surface area contributed by atoms with Gasteiger partial charge in [-0.3, -0.25) is 0 Å². The molecular formula is C51H102N2. The van der Waals surface area contributed by atoms with E-state index in [0.29, 0.717) is 6.17 Å². The van der Waals surface area contributed by atoms with E-state index in [1.54, 1.807) is 0 Å². The summed E-state index contributed by atoms with van der Waals surface area (Å²) < 4.78 is 0. The number of hydrogen-bond acceptors (Lipinski definition) is 2. The quantitative estimate of drug-likeness (QED) is 0.0573. The van der Waals surface area contributed by atoms with Crippen molar-refractivity contribution in [1.29, 1.82) is 0 Å². The summed E-state index contributed by atoms with van der Waals surface area (Å²) in [4.78, 5) is 5.48. The second kappa shape index (κ2) is 42.5. The third kappa shape index (κ3) is 34.3. The molecule has 0 aliphatic carbocycles. The summed E-state index contributed by atoms with van der Waals surface area (Å²) in [7, 11) is 0. The van der Waals surface area contributed by atoms with E-state index in [1.165, 1.54) is 289 Å². The molecule has 0 aromatic carbocycles. The lowest BCUT2D eigenvalue weighted by Crippen LogP contribution is -2.39. The Bertz CT molecular complexity index is 702. The van der Waals surface area contributed by atoms with Crippen LogP contribution >= 0.6 is 0 Å². The van der Waals surface area contributed by atoms with E-state index < -0.39 is 0 Å². The van der Waals surface area contributed by atoms with Crippen LogP contribution in [-0.2, 0) is 0 Å². The second-order valence-corrected chi connectivity index (χ2v) is 17.8. The van der Waals surface area contributed by atoms with Gasteiger partial charge >= 0.3 is 0 Å². The molecular weight excluding hydrogens is 641 g/mol. The fraction of sp³-hybridized carbons (Fsp3) is 0.961. The highest BCUT2D eigenvalue weighted by Crippen LogP contribution is 2.24. The lowest BCUT2D eigenvalue weighted by molar-refractivity contribution is 0.135. The number of nitrogens with zero attached hydrogens (tertiary/aromatic N) is 2. The fourth-order valence-corrected chi connectivity index (χ4v) is 8.84. The molecule has 0 saturated carbocycles. The fourth-order valence-electron chi connectivity index (χ4n) is 8.84. The molecule has 0 saturated heterocycles. The van der Waals surface area contributed by atoms with Crippen molar-refractivity contribution in [2.45, 2.75) is 303 Å². The monoisotopic (exact) mass is 743 g/mol. The molecule has 1 atom stereocenters. The van der Waals surface area contributed by atoms with E-state index in [0.717, 1.165) is 0 Å². The summed E-state index contributed by atoms with van der Waals surface area (Å²) >= 11 is 0. The maximum atomic E-state index is 2.74. The van der Waals surface area contributed by atoms with Gasteiger partial charge in [-0.25, -0.2) is 0 Å². The van der Waals surface area contributed by atoms with Crippen LogP contribution in [0.3, 0.4) is 0 Å². The first-order chi connectivity index (χ1) is 26.3. The topological polar surface area (TPSA) is 6.48 Å². The van der Waals surface area contributed by atoms with Gasteiger partial charge in [-0.05, 0) is 25.7 Å². The van der Waals surface area contributed by atoms with E-state index >= 15 is 0 Å². The highest BCUT2D eigenvalue weighted by atomic mass is 15.4. The molecule has 0 spiro atoms. The smallest absolute Gasteiger partial charge is 0.101 e. The van der Waals surface area contributed by atoms with Gasteiger partial charge in [0, 0.05) is 25.5 Å². The molecule has 0 aromatic heterocycles.